The van der Waals surface area contributed by atoms with Crippen LogP contribution in [0.3, 0.4) is 0 Å². The second-order valence-electron chi connectivity index (χ2n) is 3.85. The first-order valence-electron chi connectivity index (χ1n) is 5.41. The van der Waals surface area contributed by atoms with Crippen molar-refractivity contribution in [1.82, 2.24) is 14.5 Å². The van der Waals surface area contributed by atoms with Crippen LogP contribution in [-0.4, -0.2) is 14.5 Å². The fourth-order valence-electron chi connectivity index (χ4n) is 1.92. The zero-order chi connectivity index (χ0) is 12.5. The molecule has 1 aromatic carbocycles. The molecule has 3 rings (SSSR count). The molecule has 88 valence electrons. The molecule has 0 aliphatic heterocycles. The van der Waals surface area contributed by atoms with Gasteiger partial charge < -0.3 is 0 Å². The molecule has 0 bridgehead atoms. The van der Waals surface area contributed by atoms with Gasteiger partial charge in [0.2, 0.25) is 0 Å². The summed E-state index contributed by atoms with van der Waals surface area (Å²) in [5.41, 5.74) is 0.731. The lowest BCUT2D eigenvalue weighted by atomic mass is 10.1. The quantitative estimate of drug-likeness (QED) is 0.679. The highest BCUT2D eigenvalue weighted by atomic mass is 32.1. The van der Waals surface area contributed by atoms with E-state index in [1.165, 1.54) is 6.07 Å². The summed E-state index contributed by atoms with van der Waals surface area (Å²) >= 11 is 5.18. The van der Waals surface area contributed by atoms with Crippen molar-refractivity contribution in [2.75, 3.05) is 0 Å². The summed E-state index contributed by atoms with van der Waals surface area (Å²) in [5, 5.41) is 2.07. The van der Waals surface area contributed by atoms with E-state index in [0.29, 0.717) is 4.77 Å². The molecule has 18 heavy (non-hydrogen) atoms. The molecule has 2 heterocycles. The summed E-state index contributed by atoms with van der Waals surface area (Å²) in [4.78, 5) is 17.9. The van der Waals surface area contributed by atoms with E-state index >= 15 is 0 Å². The minimum absolute atomic E-state index is 0.196. The van der Waals surface area contributed by atoms with Gasteiger partial charge >= 0.3 is 0 Å². The number of aromatic amines is 1. The summed E-state index contributed by atoms with van der Waals surface area (Å²) in [7, 11) is 0. The summed E-state index contributed by atoms with van der Waals surface area (Å²) in [6.45, 7) is 0. The van der Waals surface area contributed by atoms with Crippen LogP contribution in [0.4, 0.5) is 0 Å². The third kappa shape index (κ3) is 1.74. The van der Waals surface area contributed by atoms with Crippen LogP contribution >= 0.6 is 12.2 Å². The van der Waals surface area contributed by atoms with E-state index in [1.54, 1.807) is 23.2 Å². The maximum absolute atomic E-state index is 11.2. The normalized spacial score (nSPS) is 10.7. The molecule has 0 spiro atoms. The zero-order valence-electron chi connectivity index (χ0n) is 9.33. The van der Waals surface area contributed by atoms with Gasteiger partial charge in [0.05, 0.1) is 5.69 Å². The standard InChI is InChI=1S/C13H9N3OS/c17-12-5-7-16(13(18)15-12)11-3-1-2-9-8-14-6-4-10(9)11/h1-8H,(H,15,17,18). The lowest BCUT2D eigenvalue weighted by Crippen LogP contribution is -2.10. The highest BCUT2D eigenvalue weighted by Crippen LogP contribution is 2.20. The molecular formula is C13H9N3OS. The van der Waals surface area contributed by atoms with Gasteiger partial charge in [-0.2, -0.15) is 0 Å². The molecule has 5 heteroatoms. The number of H-pyrrole nitrogens is 1. The van der Waals surface area contributed by atoms with E-state index in [-0.39, 0.29) is 5.56 Å². The van der Waals surface area contributed by atoms with Gasteiger partial charge in [0.15, 0.2) is 4.77 Å². The van der Waals surface area contributed by atoms with Gasteiger partial charge in [0.1, 0.15) is 0 Å². The Bertz CT molecular complexity index is 830. The molecule has 0 fully saturated rings. The molecule has 2 aromatic heterocycles. The molecule has 1 N–H and O–H groups in total. The molecule has 3 aromatic rings. The summed E-state index contributed by atoms with van der Waals surface area (Å²) < 4.78 is 2.16. The first-order chi connectivity index (χ1) is 8.75. The molecule has 0 saturated carbocycles. The Morgan fingerprint density at radius 1 is 1.22 bits per heavy atom. The number of pyridine rings is 1. The smallest absolute Gasteiger partial charge is 0.251 e. The second kappa shape index (κ2) is 4.19. The van der Waals surface area contributed by atoms with Gasteiger partial charge in [0, 0.05) is 35.4 Å². The van der Waals surface area contributed by atoms with Crippen molar-refractivity contribution < 1.29 is 0 Å². The number of nitrogens with zero attached hydrogens (tertiary/aromatic N) is 2. The van der Waals surface area contributed by atoms with Crippen molar-refractivity contribution in [2.45, 2.75) is 0 Å². The number of aromatic nitrogens is 3. The van der Waals surface area contributed by atoms with Crippen LogP contribution in [-0.2, 0) is 0 Å². The van der Waals surface area contributed by atoms with Gasteiger partial charge in [0.25, 0.3) is 5.56 Å². The largest absolute Gasteiger partial charge is 0.299 e. The Hall–Kier alpha value is -2.27. The van der Waals surface area contributed by atoms with Crippen LogP contribution in [0.25, 0.3) is 16.5 Å². The molecule has 0 aliphatic rings. The van der Waals surface area contributed by atoms with Crippen molar-refractivity contribution >= 4 is 23.0 Å². The third-order valence-electron chi connectivity index (χ3n) is 2.74. The summed E-state index contributed by atoms with van der Waals surface area (Å²) in [5.74, 6) is 0. The SMILES string of the molecule is O=c1ccn(-c2cccc3cnccc23)c(=S)[nH]1. The van der Waals surface area contributed by atoms with E-state index in [2.05, 4.69) is 9.97 Å². The molecule has 0 aliphatic carbocycles. The summed E-state index contributed by atoms with van der Waals surface area (Å²) in [6, 6.07) is 9.26. The van der Waals surface area contributed by atoms with Crippen molar-refractivity contribution in [3.63, 3.8) is 0 Å². The molecule has 0 radical (unpaired) electrons. The number of fused-ring (bicyclic) bond motifs is 1. The van der Waals surface area contributed by atoms with Crippen LogP contribution in [0.1, 0.15) is 0 Å². The van der Waals surface area contributed by atoms with Gasteiger partial charge in [-0.15, -0.1) is 0 Å². The fourth-order valence-corrected chi connectivity index (χ4v) is 2.18. The van der Waals surface area contributed by atoms with E-state index < -0.39 is 0 Å². The number of hydrogen-bond donors (Lipinski definition) is 1. The van der Waals surface area contributed by atoms with Crippen LogP contribution in [0.15, 0.2) is 53.7 Å². The topological polar surface area (TPSA) is 50.7 Å². The Balaban J connectivity index is 2.38. The average Bonchev–Trinajstić information content (AvgIpc) is 2.38. The Labute approximate surface area is 108 Å². The maximum atomic E-state index is 11.2. The van der Waals surface area contributed by atoms with Gasteiger partial charge in [-0.1, -0.05) is 12.1 Å². The third-order valence-corrected chi connectivity index (χ3v) is 3.04. The number of nitrogens with one attached hydrogen (secondary N) is 1. The predicted molar refractivity (Wildman–Crippen MR) is 72.5 cm³/mol. The van der Waals surface area contributed by atoms with E-state index in [4.69, 9.17) is 12.2 Å². The minimum atomic E-state index is -0.196. The second-order valence-corrected chi connectivity index (χ2v) is 4.24. The monoisotopic (exact) mass is 255 g/mol. The lowest BCUT2D eigenvalue weighted by molar-refractivity contribution is 0.944. The van der Waals surface area contributed by atoms with Crippen LogP contribution < -0.4 is 5.56 Å². The Morgan fingerprint density at radius 3 is 2.94 bits per heavy atom. The number of benzene rings is 1. The highest BCUT2D eigenvalue weighted by Gasteiger charge is 2.03. The summed E-state index contributed by atoms with van der Waals surface area (Å²) in [6.07, 6.45) is 5.21. The fraction of sp³-hybridized carbons (Fsp3) is 0. The van der Waals surface area contributed by atoms with Crippen molar-refractivity contribution in [2.24, 2.45) is 0 Å². The van der Waals surface area contributed by atoms with Crippen LogP contribution in [0, 0.1) is 4.77 Å². The Morgan fingerprint density at radius 2 is 2.11 bits per heavy atom. The Kier molecular flexibility index (Phi) is 2.53. The van der Waals surface area contributed by atoms with Gasteiger partial charge in [-0.3, -0.25) is 19.3 Å². The molecule has 0 amide bonds. The molecule has 0 saturated heterocycles. The van der Waals surface area contributed by atoms with Crippen molar-refractivity contribution in [3.8, 4) is 5.69 Å². The van der Waals surface area contributed by atoms with Gasteiger partial charge in [-0.05, 0) is 24.4 Å². The van der Waals surface area contributed by atoms with E-state index in [0.717, 1.165) is 16.5 Å². The van der Waals surface area contributed by atoms with Crippen LogP contribution in [0.2, 0.25) is 0 Å². The van der Waals surface area contributed by atoms with Crippen molar-refractivity contribution in [1.29, 1.82) is 0 Å². The van der Waals surface area contributed by atoms with Crippen LogP contribution in [0.5, 0.6) is 0 Å². The number of rotatable bonds is 1. The van der Waals surface area contributed by atoms with Crippen molar-refractivity contribution in [3.05, 3.63) is 64.0 Å². The predicted octanol–water partition coefficient (Wildman–Crippen LogP) is 2.44. The maximum Gasteiger partial charge on any atom is 0.251 e. The average molecular weight is 255 g/mol. The van der Waals surface area contributed by atoms with E-state index in [9.17, 15) is 4.79 Å². The highest BCUT2D eigenvalue weighted by molar-refractivity contribution is 7.71. The molecular weight excluding hydrogens is 246 g/mol. The molecule has 0 unspecified atom stereocenters. The minimum Gasteiger partial charge on any atom is -0.299 e. The number of hydrogen-bond acceptors (Lipinski definition) is 3. The molecule has 4 nitrogen and oxygen atoms in total. The molecule has 0 atom stereocenters. The first kappa shape index (κ1) is 10.9. The lowest BCUT2D eigenvalue weighted by Gasteiger charge is -2.09. The van der Waals surface area contributed by atoms with E-state index in [1.807, 2.05) is 24.3 Å². The van der Waals surface area contributed by atoms with Gasteiger partial charge in [-0.25, -0.2) is 0 Å². The zero-order valence-corrected chi connectivity index (χ0v) is 10.1. The first-order valence-corrected chi connectivity index (χ1v) is 5.82.